The first-order valence-electron chi connectivity index (χ1n) is 4.40. The van der Waals surface area contributed by atoms with Gasteiger partial charge in [-0.05, 0) is 12.8 Å². The first kappa shape index (κ1) is 8.72. The summed E-state index contributed by atoms with van der Waals surface area (Å²) in [7, 11) is 0. The van der Waals surface area contributed by atoms with Crippen molar-refractivity contribution in [3.05, 3.63) is 0 Å². The zero-order chi connectivity index (χ0) is 8.16. The summed E-state index contributed by atoms with van der Waals surface area (Å²) < 4.78 is 5.34. The molecule has 11 heavy (non-hydrogen) atoms. The predicted octanol–water partition coefficient (Wildman–Crippen LogP) is 1.92. The lowest BCUT2D eigenvalue weighted by molar-refractivity contribution is -0.108. The van der Waals surface area contributed by atoms with Gasteiger partial charge in [0.1, 0.15) is 6.29 Å². The van der Waals surface area contributed by atoms with Crippen molar-refractivity contribution in [1.29, 1.82) is 0 Å². The molecule has 0 aromatic rings. The van der Waals surface area contributed by atoms with Crippen molar-refractivity contribution in [3.63, 3.8) is 0 Å². The molecule has 0 aliphatic carbocycles. The Hall–Kier alpha value is -0.370. The summed E-state index contributed by atoms with van der Waals surface area (Å²) in [6, 6.07) is 0. The van der Waals surface area contributed by atoms with E-state index >= 15 is 0 Å². The fourth-order valence-corrected chi connectivity index (χ4v) is 1.34. The molecule has 0 radical (unpaired) electrons. The van der Waals surface area contributed by atoms with Gasteiger partial charge in [-0.2, -0.15) is 0 Å². The number of hydrogen-bond acceptors (Lipinski definition) is 2. The van der Waals surface area contributed by atoms with Crippen molar-refractivity contribution in [2.75, 3.05) is 6.61 Å². The van der Waals surface area contributed by atoms with Gasteiger partial charge in [-0.3, -0.25) is 0 Å². The van der Waals surface area contributed by atoms with E-state index in [9.17, 15) is 4.79 Å². The molecule has 2 heteroatoms. The van der Waals surface area contributed by atoms with E-state index in [4.69, 9.17) is 4.74 Å². The van der Waals surface area contributed by atoms with Gasteiger partial charge >= 0.3 is 0 Å². The molecular weight excluding hydrogens is 140 g/mol. The van der Waals surface area contributed by atoms with E-state index in [1.807, 2.05) is 0 Å². The van der Waals surface area contributed by atoms with E-state index in [0.29, 0.717) is 6.42 Å². The number of carbonyl (C=O) groups excluding carboxylic acids is 1. The average molecular weight is 156 g/mol. The second kappa shape index (κ2) is 3.86. The van der Waals surface area contributed by atoms with Crippen molar-refractivity contribution in [2.45, 2.75) is 44.6 Å². The Balaban J connectivity index is 2.12. The van der Waals surface area contributed by atoms with Crippen LogP contribution >= 0.6 is 0 Å². The first-order chi connectivity index (χ1) is 5.33. The fraction of sp³-hybridized carbons (Fsp3) is 0.889. The molecule has 1 aliphatic heterocycles. The van der Waals surface area contributed by atoms with Gasteiger partial charge in [-0.15, -0.1) is 0 Å². The molecule has 0 aromatic heterocycles. The molecule has 1 aliphatic rings. The molecule has 0 amide bonds. The van der Waals surface area contributed by atoms with Crippen LogP contribution in [0, 0.1) is 0 Å². The lowest BCUT2D eigenvalue weighted by Gasteiger charge is -2.07. The van der Waals surface area contributed by atoms with Crippen LogP contribution in [0.15, 0.2) is 0 Å². The molecule has 1 saturated heterocycles. The second-order valence-electron chi connectivity index (χ2n) is 3.28. The van der Waals surface area contributed by atoms with Gasteiger partial charge in [-0.25, -0.2) is 0 Å². The summed E-state index contributed by atoms with van der Waals surface area (Å²) in [5.41, 5.74) is 0.122. The highest BCUT2D eigenvalue weighted by Gasteiger charge is 2.42. The Morgan fingerprint density at radius 1 is 1.55 bits per heavy atom. The molecule has 0 N–H and O–H groups in total. The van der Waals surface area contributed by atoms with Crippen LogP contribution in [0.3, 0.4) is 0 Å². The summed E-state index contributed by atoms with van der Waals surface area (Å²) in [5, 5.41) is 0. The number of aldehydes is 1. The summed E-state index contributed by atoms with van der Waals surface area (Å²) in [5.74, 6) is 0. The molecular formula is C9H16O2. The quantitative estimate of drug-likeness (QED) is 0.434. The van der Waals surface area contributed by atoms with Crippen LogP contribution in [-0.4, -0.2) is 18.5 Å². The van der Waals surface area contributed by atoms with Gasteiger partial charge < -0.3 is 9.53 Å². The number of unbranched alkanes of at least 4 members (excludes halogenated alkanes) is 1. The van der Waals surface area contributed by atoms with Gasteiger partial charge in [0.05, 0.1) is 12.2 Å². The predicted molar refractivity (Wildman–Crippen MR) is 43.5 cm³/mol. The van der Waals surface area contributed by atoms with Gasteiger partial charge in [0.15, 0.2) is 0 Å². The van der Waals surface area contributed by atoms with Crippen molar-refractivity contribution in [3.8, 4) is 0 Å². The standard InChI is InChI=1S/C9H16O2/c1-2-3-5-9(8-11-9)6-4-7-10/h7H,2-6,8H2,1H3. The SMILES string of the molecule is CCCCC1(CCC=O)CO1. The smallest absolute Gasteiger partial charge is 0.120 e. The van der Waals surface area contributed by atoms with Gasteiger partial charge in [0, 0.05) is 6.42 Å². The minimum atomic E-state index is 0.122. The van der Waals surface area contributed by atoms with Crippen molar-refractivity contribution >= 4 is 6.29 Å². The second-order valence-corrected chi connectivity index (χ2v) is 3.28. The summed E-state index contributed by atoms with van der Waals surface area (Å²) in [4.78, 5) is 10.1. The molecule has 1 unspecified atom stereocenters. The molecule has 0 spiro atoms. The van der Waals surface area contributed by atoms with E-state index in [0.717, 1.165) is 25.7 Å². The van der Waals surface area contributed by atoms with Crippen molar-refractivity contribution < 1.29 is 9.53 Å². The highest BCUT2D eigenvalue weighted by molar-refractivity contribution is 5.49. The van der Waals surface area contributed by atoms with Crippen molar-refractivity contribution in [2.24, 2.45) is 0 Å². The number of rotatable bonds is 6. The molecule has 2 nitrogen and oxygen atoms in total. The Labute approximate surface area is 67.9 Å². The van der Waals surface area contributed by atoms with E-state index in [1.54, 1.807) is 0 Å². The first-order valence-corrected chi connectivity index (χ1v) is 4.40. The van der Waals surface area contributed by atoms with Crippen LogP contribution in [-0.2, 0) is 9.53 Å². The van der Waals surface area contributed by atoms with E-state index in [-0.39, 0.29) is 5.60 Å². The molecule has 1 heterocycles. The zero-order valence-electron chi connectivity index (χ0n) is 7.14. The van der Waals surface area contributed by atoms with Crippen LogP contribution in [0.25, 0.3) is 0 Å². The maximum absolute atomic E-state index is 10.1. The molecule has 1 fully saturated rings. The lowest BCUT2D eigenvalue weighted by atomic mass is 9.98. The normalized spacial score (nSPS) is 28.5. The minimum Gasteiger partial charge on any atom is -0.370 e. The third-order valence-electron chi connectivity index (χ3n) is 2.26. The zero-order valence-corrected chi connectivity index (χ0v) is 7.14. The number of carbonyl (C=O) groups is 1. The Morgan fingerprint density at radius 3 is 2.73 bits per heavy atom. The van der Waals surface area contributed by atoms with Gasteiger partial charge in [0.25, 0.3) is 0 Å². The monoisotopic (exact) mass is 156 g/mol. The fourth-order valence-electron chi connectivity index (χ4n) is 1.34. The maximum atomic E-state index is 10.1. The van der Waals surface area contributed by atoms with E-state index in [1.165, 1.54) is 12.8 Å². The summed E-state index contributed by atoms with van der Waals surface area (Å²) in [6.07, 6.45) is 6.14. The average Bonchev–Trinajstić information content (AvgIpc) is 2.79. The molecule has 0 saturated carbocycles. The highest BCUT2D eigenvalue weighted by Crippen LogP contribution is 2.36. The number of hydrogen-bond donors (Lipinski definition) is 0. The Morgan fingerprint density at radius 2 is 2.27 bits per heavy atom. The maximum Gasteiger partial charge on any atom is 0.120 e. The van der Waals surface area contributed by atoms with Gasteiger partial charge in [0.2, 0.25) is 0 Å². The Kier molecular flexibility index (Phi) is 3.06. The van der Waals surface area contributed by atoms with Crippen LogP contribution in [0.4, 0.5) is 0 Å². The summed E-state index contributed by atoms with van der Waals surface area (Å²) >= 11 is 0. The Bertz CT molecular complexity index is 128. The number of ether oxygens (including phenoxy) is 1. The van der Waals surface area contributed by atoms with Crippen LogP contribution in [0.5, 0.6) is 0 Å². The van der Waals surface area contributed by atoms with Crippen molar-refractivity contribution in [1.82, 2.24) is 0 Å². The summed E-state index contributed by atoms with van der Waals surface area (Å²) in [6.45, 7) is 3.05. The van der Waals surface area contributed by atoms with Crippen LogP contribution in [0.2, 0.25) is 0 Å². The van der Waals surface area contributed by atoms with Crippen LogP contribution in [0.1, 0.15) is 39.0 Å². The highest BCUT2D eigenvalue weighted by atomic mass is 16.6. The lowest BCUT2D eigenvalue weighted by Crippen LogP contribution is -2.10. The molecule has 64 valence electrons. The topological polar surface area (TPSA) is 29.6 Å². The van der Waals surface area contributed by atoms with E-state index in [2.05, 4.69) is 6.92 Å². The third kappa shape index (κ3) is 2.62. The molecule has 1 rings (SSSR count). The largest absolute Gasteiger partial charge is 0.370 e. The number of epoxide rings is 1. The third-order valence-corrected chi connectivity index (χ3v) is 2.26. The molecule has 0 bridgehead atoms. The van der Waals surface area contributed by atoms with Gasteiger partial charge in [-0.1, -0.05) is 19.8 Å². The molecule has 1 atom stereocenters. The van der Waals surface area contributed by atoms with E-state index < -0.39 is 0 Å². The minimum absolute atomic E-state index is 0.122. The van der Waals surface area contributed by atoms with Crippen LogP contribution < -0.4 is 0 Å². The molecule has 0 aromatic carbocycles.